The van der Waals surface area contributed by atoms with Crippen LogP contribution in [0, 0.1) is 21.7 Å². The van der Waals surface area contributed by atoms with Crippen LogP contribution >= 0.6 is 7.37 Å². The summed E-state index contributed by atoms with van der Waals surface area (Å²) < 4.78 is 32.9. The number of aliphatic hydroxyl groups is 13. The molecule has 4 aliphatic rings. The van der Waals surface area contributed by atoms with E-state index in [-0.39, 0.29) is 72.7 Å². The average Bonchev–Trinajstić information content (AvgIpc) is 3.26. The molecular formula is C53H106NNaO22P-. The standard InChI is InChI=1S/C16H29NO7.C11H22O4.C10H20O5.C10H20O4.C5H13O2P.CH4.Na/c1-6-9(19)12(21)13-11(17-8(2)18)10(20)7-16(24-13,14(22)23)15(3,4)5;1-5-6-7(12)8(13)9(14)10(15-6)11(2,3)4;1-10(2,3)9-8(14)7(13)6(12)5(4-11)15-9;1-5-6(11)7(12)8(13)9(14-5)10(2,3)4;1-5(2,3)8(4,6)7;;/h9-13,19-21H,6-7H2,1-5H3,(H,17,18)(H,22,23);6-10,12-14H,5H2,1-4H3;5-9,11-14H,4H2,1-3H3;5-9,11-13H,1-4H3;1-4H3,(H,6,7);1H4;/q;;;;;;+1/p-2. The maximum absolute atomic E-state index is 11.8. The first-order valence-electron chi connectivity index (χ1n) is 26.1. The Bertz CT molecular complexity index is 1750. The van der Waals surface area contributed by atoms with Crippen molar-refractivity contribution in [1.29, 1.82) is 0 Å². The molecule has 4 aliphatic heterocycles. The molecule has 22 unspecified atom stereocenters. The number of aliphatic hydroxyl groups excluding tert-OH is 13. The van der Waals surface area contributed by atoms with Crippen LogP contribution < -0.4 is 44.9 Å². The number of nitrogens with one attached hydrogen (secondary N) is 1. The molecule has 0 radical (unpaired) electrons. The molecule has 0 aromatic rings. The van der Waals surface area contributed by atoms with E-state index in [0.29, 0.717) is 6.42 Å². The van der Waals surface area contributed by atoms with Gasteiger partial charge in [-0.05, 0) is 48.1 Å². The first kappa shape index (κ1) is 81.7. The van der Waals surface area contributed by atoms with Gasteiger partial charge in [-0.2, -0.15) is 0 Å². The fraction of sp³-hybridized carbons (Fsp3) is 0.962. The molecule has 0 saturated carbocycles. The van der Waals surface area contributed by atoms with Crippen LogP contribution in [0.25, 0.3) is 0 Å². The van der Waals surface area contributed by atoms with Crippen LogP contribution in [0.4, 0.5) is 0 Å². The Morgan fingerprint density at radius 3 is 1.29 bits per heavy atom. The Labute approximate surface area is 487 Å². The van der Waals surface area contributed by atoms with E-state index < -0.39 is 157 Å². The summed E-state index contributed by atoms with van der Waals surface area (Å²) in [6.07, 6.45) is -17.9. The molecule has 462 valence electrons. The maximum atomic E-state index is 11.8. The van der Waals surface area contributed by atoms with Gasteiger partial charge in [-0.25, -0.2) is 0 Å². The molecule has 25 heteroatoms. The van der Waals surface area contributed by atoms with Crippen molar-refractivity contribution in [1.82, 2.24) is 5.32 Å². The smallest absolute Gasteiger partial charge is 0.799 e. The Balaban J connectivity index is -0.000000930. The fourth-order valence-corrected chi connectivity index (χ4v) is 8.66. The molecule has 4 rings (SSSR count). The van der Waals surface area contributed by atoms with Gasteiger partial charge in [0.2, 0.25) is 5.91 Å². The van der Waals surface area contributed by atoms with Crippen LogP contribution in [0.2, 0.25) is 0 Å². The zero-order valence-corrected chi connectivity index (χ0v) is 52.7. The molecule has 4 heterocycles. The normalized spacial score (nSPS) is 37.1. The van der Waals surface area contributed by atoms with Gasteiger partial charge in [-0.1, -0.05) is 125 Å². The van der Waals surface area contributed by atoms with Crippen molar-refractivity contribution in [3.63, 3.8) is 0 Å². The summed E-state index contributed by atoms with van der Waals surface area (Å²) in [6, 6.07) is -1.05. The number of hydrogen-bond donors (Lipinski definition) is 14. The number of hydrogen-bond acceptors (Lipinski definition) is 22. The molecule has 4 fully saturated rings. The Morgan fingerprint density at radius 1 is 0.654 bits per heavy atom. The summed E-state index contributed by atoms with van der Waals surface area (Å²) in [5.74, 6) is -1.99. The molecule has 1 amide bonds. The number of amides is 1. The molecular weight excluding hydrogens is 1060 g/mol. The minimum absolute atomic E-state index is 0. The van der Waals surface area contributed by atoms with Gasteiger partial charge in [0.1, 0.15) is 78.8 Å². The average molecular weight is 1160 g/mol. The van der Waals surface area contributed by atoms with E-state index in [0.717, 1.165) is 0 Å². The van der Waals surface area contributed by atoms with Crippen LogP contribution in [0.15, 0.2) is 0 Å². The molecule has 0 aromatic carbocycles. The number of aliphatic carboxylic acids is 1. The number of rotatable bonds is 7. The van der Waals surface area contributed by atoms with Crippen molar-refractivity contribution in [2.75, 3.05) is 13.3 Å². The van der Waals surface area contributed by atoms with E-state index in [4.69, 9.17) is 24.1 Å². The van der Waals surface area contributed by atoms with E-state index in [1.165, 1.54) is 13.6 Å². The van der Waals surface area contributed by atoms with Gasteiger partial charge in [0.15, 0.2) is 0 Å². The molecule has 23 nitrogen and oxygen atoms in total. The summed E-state index contributed by atoms with van der Waals surface area (Å²) in [5.41, 5.74) is -3.71. The third kappa shape index (κ3) is 22.1. The minimum Gasteiger partial charge on any atom is -0.799 e. The van der Waals surface area contributed by atoms with Crippen molar-refractivity contribution in [3.05, 3.63) is 0 Å². The summed E-state index contributed by atoms with van der Waals surface area (Å²) in [5, 5.41) is 140. The first-order chi connectivity index (χ1) is 33.9. The van der Waals surface area contributed by atoms with Gasteiger partial charge in [0.25, 0.3) is 0 Å². The van der Waals surface area contributed by atoms with Crippen molar-refractivity contribution < 1.29 is 139 Å². The number of carbonyl (C=O) groups is 2. The van der Waals surface area contributed by atoms with Crippen molar-refractivity contribution in [2.45, 2.75) is 291 Å². The number of carboxylic acids is 1. The van der Waals surface area contributed by atoms with Gasteiger partial charge in [-0.15, -0.1) is 0 Å². The van der Waals surface area contributed by atoms with Gasteiger partial charge in [0.05, 0.1) is 61.3 Å². The number of carboxylic acid groups (broad SMARTS) is 1. The topological polar surface area (TPSA) is 409 Å². The zero-order chi connectivity index (χ0) is 60.6. The molecule has 78 heavy (non-hydrogen) atoms. The van der Waals surface area contributed by atoms with Gasteiger partial charge in [-0.3, -0.25) is 4.79 Å². The van der Waals surface area contributed by atoms with Crippen LogP contribution in [0.5, 0.6) is 0 Å². The van der Waals surface area contributed by atoms with E-state index in [1.54, 1.807) is 55.4 Å². The van der Waals surface area contributed by atoms with Crippen molar-refractivity contribution in [3.8, 4) is 0 Å². The number of ether oxygens (including phenoxy) is 4. The van der Waals surface area contributed by atoms with Crippen LogP contribution in [-0.4, -0.2) is 224 Å². The van der Waals surface area contributed by atoms with Crippen LogP contribution in [0.3, 0.4) is 0 Å². The Hall–Kier alpha value is -0.550. The second kappa shape index (κ2) is 32.1. The van der Waals surface area contributed by atoms with Gasteiger partial charge >= 0.3 is 29.6 Å². The molecule has 14 N–H and O–H groups in total. The molecule has 4 saturated heterocycles. The maximum Gasteiger partial charge on any atom is 1.00 e. The van der Waals surface area contributed by atoms with E-state index in [9.17, 15) is 85.4 Å². The van der Waals surface area contributed by atoms with Crippen LogP contribution in [-0.2, 0) is 33.1 Å². The van der Waals surface area contributed by atoms with E-state index >= 15 is 0 Å². The van der Waals surface area contributed by atoms with Crippen molar-refractivity contribution in [2.24, 2.45) is 21.7 Å². The third-order valence-corrected chi connectivity index (χ3v) is 16.7. The SMILES string of the molecule is C.CC(C)(C)C1OC(CO)C(O)C(O)C1O.CC(C)(C)P(C)(=O)[O-].CC1OC(C(C)(C)C)C(O)C(O)C1O.CCC(O)C(O)C1OC(C(=O)[O-])(C(C)(C)C)CC(O)C1NC(C)=O.CCC1OC(C(C)(C)C)C(O)C(O)C1O.[Na+]. The molecule has 0 aliphatic carbocycles. The molecule has 0 bridgehead atoms. The monoisotopic (exact) mass is 1160 g/mol. The summed E-state index contributed by atoms with van der Waals surface area (Å²) >= 11 is 0. The quantitative estimate of drug-likeness (QED) is 0.0855. The van der Waals surface area contributed by atoms with Crippen LogP contribution in [0.1, 0.15) is 158 Å². The second-order valence-electron chi connectivity index (χ2n) is 26.0. The van der Waals surface area contributed by atoms with E-state index in [1.807, 2.05) is 69.2 Å². The van der Waals surface area contributed by atoms with E-state index in [2.05, 4.69) is 5.32 Å². The minimum atomic E-state index is -3.10. The largest absolute Gasteiger partial charge is 1.00 e. The fourth-order valence-electron chi connectivity index (χ4n) is 8.66. The molecule has 0 aromatic heterocycles. The summed E-state index contributed by atoms with van der Waals surface area (Å²) in [4.78, 5) is 33.9. The summed E-state index contributed by atoms with van der Waals surface area (Å²) in [7, 11) is -3.10. The Kier molecular flexibility index (Phi) is 33.6. The van der Waals surface area contributed by atoms with Gasteiger partial charge in [0, 0.05) is 25.9 Å². The number of carbonyl (C=O) groups excluding carboxylic acids is 2. The predicted molar refractivity (Wildman–Crippen MR) is 284 cm³/mol. The Morgan fingerprint density at radius 2 is 1.00 bits per heavy atom. The first-order valence-corrected chi connectivity index (χ1v) is 28.2. The predicted octanol–water partition coefficient (Wildman–Crippen LogP) is -3.93. The van der Waals surface area contributed by atoms with Crippen molar-refractivity contribution >= 4 is 19.2 Å². The summed E-state index contributed by atoms with van der Waals surface area (Å²) in [6.45, 7) is 34.5. The molecule has 22 atom stereocenters. The third-order valence-electron chi connectivity index (χ3n) is 14.3. The van der Waals surface area contributed by atoms with Gasteiger partial charge < -0.3 is 110 Å². The second-order valence-corrected chi connectivity index (χ2v) is 29.0. The zero-order valence-electron chi connectivity index (χ0n) is 49.8. The molecule has 0 spiro atoms.